The maximum atomic E-state index is 13.6. The van der Waals surface area contributed by atoms with Crippen molar-refractivity contribution in [2.24, 2.45) is 0 Å². The number of aryl methyl sites for hydroxylation is 1. The average molecular weight is 380 g/mol. The van der Waals surface area contributed by atoms with Gasteiger partial charge in [0.1, 0.15) is 18.2 Å². The van der Waals surface area contributed by atoms with Gasteiger partial charge in [-0.3, -0.25) is 9.36 Å². The maximum Gasteiger partial charge on any atom is 0.406 e. The highest BCUT2D eigenvalue weighted by Crippen LogP contribution is 2.29. The predicted molar refractivity (Wildman–Crippen MR) is 96.1 cm³/mol. The first-order chi connectivity index (χ1) is 12.6. The van der Waals surface area contributed by atoms with Gasteiger partial charge in [-0.25, -0.2) is 9.37 Å². The van der Waals surface area contributed by atoms with E-state index in [1.54, 1.807) is 14.0 Å². The first kappa shape index (κ1) is 18.7. The highest BCUT2D eigenvalue weighted by Gasteiger charge is 2.30. The van der Waals surface area contributed by atoms with Gasteiger partial charge in [0.2, 0.25) is 0 Å². The van der Waals surface area contributed by atoms with Gasteiger partial charge in [0.05, 0.1) is 11.2 Å². The third-order valence-electron chi connectivity index (χ3n) is 4.21. The van der Waals surface area contributed by atoms with Gasteiger partial charge in [0, 0.05) is 30.3 Å². The Morgan fingerprint density at radius 3 is 2.52 bits per heavy atom. The second-order valence-electron chi connectivity index (χ2n) is 6.13. The number of pyridine rings is 2. The van der Waals surface area contributed by atoms with Crippen LogP contribution in [0.3, 0.4) is 0 Å². The molecule has 0 saturated carbocycles. The molecule has 0 bridgehead atoms. The van der Waals surface area contributed by atoms with E-state index in [2.05, 4.69) is 10.3 Å². The number of nitrogens with zero attached hydrogens (tertiary/aromatic N) is 2. The number of nitrogens with one attached hydrogen (secondary N) is 1. The Balaban J connectivity index is 2.37. The molecular weight excluding hydrogens is 364 g/mol. The van der Waals surface area contributed by atoms with Crippen molar-refractivity contribution < 1.29 is 17.6 Å². The van der Waals surface area contributed by atoms with E-state index in [9.17, 15) is 22.4 Å². The molecule has 0 aliphatic heterocycles. The normalized spacial score (nSPS) is 11.8. The van der Waals surface area contributed by atoms with E-state index in [-0.39, 0.29) is 22.3 Å². The summed E-state index contributed by atoms with van der Waals surface area (Å²) in [4.78, 5) is 17.0. The minimum Gasteiger partial charge on any atom is -0.396 e. The quantitative estimate of drug-likeness (QED) is 0.537. The zero-order valence-corrected chi connectivity index (χ0v) is 14.5. The standard InChI is InChI=1S/C18H16F4N4O/c1-9-3-13(19)14(23)5-11(9)12-4-10-7-25-16(24-2)6-15(10)26(17(12)27)8-18(20,21)22/h3-7H,8,23H2,1-2H3,(H,24,25). The van der Waals surface area contributed by atoms with Crippen LogP contribution in [0.15, 0.2) is 35.3 Å². The summed E-state index contributed by atoms with van der Waals surface area (Å²) < 4.78 is 53.6. The number of rotatable bonds is 3. The van der Waals surface area contributed by atoms with Crippen LogP contribution >= 0.6 is 0 Å². The molecule has 5 nitrogen and oxygen atoms in total. The number of aromatic nitrogens is 2. The number of nitrogens with two attached hydrogens (primary N) is 1. The zero-order chi connectivity index (χ0) is 19.9. The van der Waals surface area contributed by atoms with Crippen LogP contribution in [0, 0.1) is 12.7 Å². The predicted octanol–water partition coefficient (Wildman–Crippen LogP) is 3.70. The molecule has 0 aliphatic carbocycles. The summed E-state index contributed by atoms with van der Waals surface area (Å²) in [7, 11) is 1.57. The number of benzene rings is 1. The molecule has 0 atom stereocenters. The summed E-state index contributed by atoms with van der Waals surface area (Å²) in [6, 6.07) is 5.21. The lowest BCUT2D eigenvalue weighted by atomic mass is 9.99. The van der Waals surface area contributed by atoms with Crippen molar-refractivity contribution in [3.8, 4) is 11.1 Å². The molecule has 0 saturated heterocycles. The number of hydrogen-bond acceptors (Lipinski definition) is 4. The van der Waals surface area contributed by atoms with Gasteiger partial charge in [-0.05, 0) is 36.2 Å². The Morgan fingerprint density at radius 2 is 1.89 bits per heavy atom. The molecule has 9 heteroatoms. The largest absolute Gasteiger partial charge is 0.406 e. The topological polar surface area (TPSA) is 72.9 Å². The molecular formula is C18H16F4N4O. The Bertz CT molecular complexity index is 1090. The van der Waals surface area contributed by atoms with Crippen LogP contribution in [0.25, 0.3) is 22.0 Å². The van der Waals surface area contributed by atoms with Gasteiger partial charge in [-0.1, -0.05) is 0 Å². The van der Waals surface area contributed by atoms with Gasteiger partial charge in [-0.15, -0.1) is 0 Å². The highest BCUT2D eigenvalue weighted by molar-refractivity contribution is 5.86. The molecule has 3 N–H and O–H groups in total. The van der Waals surface area contributed by atoms with E-state index >= 15 is 0 Å². The molecule has 3 aromatic rings. The minimum atomic E-state index is -4.60. The summed E-state index contributed by atoms with van der Waals surface area (Å²) in [6.45, 7) is 0.0943. The lowest BCUT2D eigenvalue weighted by molar-refractivity contribution is -0.140. The second-order valence-corrected chi connectivity index (χ2v) is 6.13. The third kappa shape index (κ3) is 3.57. The van der Waals surface area contributed by atoms with Gasteiger partial charge in [0.15, 0.2) is 0 Å². The van der Waals surface area contributed by atoms with Crippen LogP contribution in [-0.2, 0) is 6.54 Å². The van der Waals surface area contributed by atoms with E-state index in [0.29, 0.717) is 21.3 Å². The lowest BCUT2D eigenvalue weighted by Gasteiger charge is -2.16. The maximum absolute atomic E-state index is 13.6. The lowest BCUT2D eigenvalue weighted by Crippen LogP contribution is -2.29. The van der Waals surface area contributed by atoms with Crippen LogP contribution < -0.4 is 16.6 Å². The number of hydrogen-bond donors (Lipinski definition) is 2. The zero-order valence-electron chi connectivity index (χ0n) is 14.5. The van der Waals surface area contributed by atoms with E-state index in [0.717, 1.165) is 6.07 Å². The Hall–Kier alpha value is -3.10. The molecule has 0 fully saturated rings. The van der Waals surface area contributed by atoms with Crippen LogP contribution in [-0.4, -0.2) is 22.8 Å². The van der Waals surface area contributed by atoms with Crippen molar-refractivity contribution in [2.75, 3.05) is 18.1 Å². The highest BCUT2D eigenvalue weighted by atomic mass is 19.4. The molecule has 2 aromatic heterocycles. The van der Waals surface area contributed by atoms with Crippen molar-refractivity contribution in [1.82, 2.24) is 9.55 Å². The second kappa shape index (κ2) is 6.57. The van der Waals surface area contributed by atoms with Crippen LogP contribution in [0.2, 0.25) is 0 Å². The monoisotopic (exact) mass is 380 g/mol. The number of anilines is 2. The van der Waals surface area contributed by atoms with Crippen LogP contribution in [0.5, 0.6) is 0 Å². The van der Waals surface area contributed by atoms with Crippen molar-refractivity contribution in [2.45, 2.75) is 19.6 Å². The Morgan fingerprint density at radius 1 is 1.19 bits per heavy atom. The number of nitrogen functional groups attached to an aromatic ring is 1. The SMILES string of the molecule is CNc1cc2c(cn1)cc(-c1cc(N)c(F)cc1C)c(=O)n2CC(F)(F)F. The number of alkyl halides is 3. The molecule has 142 valence electrons. The molecule has 3 rings (SSSR count). The fourth-order valence-corrected chi connectivity index (χ4v) is 2.92. The van der Waals surface area contributed by atoms with E-state index in [1.807, 2.05) is 0 Å². The van der Waals surface area contributed by atoms with Gasteiger partial charge in [0.25, 0.3) is 5.56 Å². The van der Waals surface area contributed by atoms with E-state index in [4.69, 9.17) is 5.73 Å². The van der Waals surface area contributed by atoms with Crippen molar-refractivity contribution in [1.29, 1.82) is 0 Å². The van der Waals surface area contributed by atoms with Gasteiger partial charge >= 0.3 is 6.18 Å². The van der Waals surface area contributed by atoms with Crippen LogP contribution in [0.4, 0.5) is 29.1 Å². The molecule has 0 unspecified atom stereocenters. The molecule has 1 aromatic carbocycles. The summed E-state index contributed by atoms with van der Waals surface area (Å²) in [6.07, 6.45) is -3.23. The fourth-order valence-electron chi connectivity index (χ4n) is 2.92. The Labute approximate surface area is 151 Å². The minimum absolute atomic E-state index is 0.00467. The van der Waals surface area contributed by atoms with Crippen molar-refractivity contribution >= 4 is 22.4 Å². The van der Waals surface area contributed by atoms with E-state index in [1.165, 1.54) is 24.4 Å². The molecule has 0 radical (unpaired) electrons. The summed E-state index contributed by atoms with van der Waals surface area (Å²) in [5.74, 6) is -0.333. The fraction of sp³-hybridized carbons (Fsp3) is 0.222. The van der Waals surface area contributed by atoms with Crippen molar-refractivity contribution in [3.05, 3.63) is 52.2 Å². The number of fused-ring (bicyclic) bond motifs is 1. The Kier molecular flexibility index (Phi) is 4.54. The van der Waals surface area contributed by atoms with E-state index < -0.39 is 24.1 Å². The summed E-state index contributed by atoms with van der Waals surface area (Å²) >= 11 is 0. The smallest absolute Gasteiger partial charge is 0.396 e. The molecule has 0 amide bonds. The van der Waals surface area contributed by atoms with Crippen molar-refractivity contribution in [3.63, 3.8) is 0 Å². The number of halogens is 4. The summed E-state index contributed by atoms with van der Waals surface area (Å²) in [5, 5.41) is 3.07. The van der Waals surface area contributed by atoms with Gasteiger partial charge in [-0.2, -0.15) is 13.2 Å². The average Bonchev–Trinajstić information content (AvgIpc) is 2.59. The molecule has 27 heavy (non-hydrogen) atoms. The van der Waals surface area contributed by atoms with Gasteiger partial charge < -0.3 is 11.1 Å². The van der Waals surface area contributed by atoms with Crippen LogP contribution in [0.1, 0.15) is 5.56 Å². The first-order valence-electron chi connectivity index (χ1n) is 7.95. The third-order valence-corrected chi connectivity index (χ3v) is 4.21. The first-order valence-corrected chi connectivity index (χ1v) is 7.95. The molecule has 2 heterocycles. The molecule has 0 aliphatic rings. The summed E-state index contributed by atoms with van der Waals surface area (Å²) in [5.41, 5.74) is 5.29. The molecule has 0 spiro atoms.